The molecule has 4 nitrogen and oxygen atoms in total. The molecule has 0 saturated carbocycles. The quantitative estimate of drug-likeness (QED) is 0.779. The standard InChI is InChI=1S/C11H12BF3N3O/c1-2-18-7-9(4-17-18)8-19-11-3-10(5-16-6-11)12(13,14)15/h3-7H,2,8H2,1H3/q-1. The van der Waals surface area contributed by atoms with Gasteiger partial charge in [0.05, 0.1) is 12.4 Å². The van der Waals surface area contributed by atoms with Crippen LogP contribution in [0.25, 0.3) is 0 Å². The minimum atomic E-state index is -5.05. The molecule has 0 aliphatic carbocycles. The predicted molar refractivity (Wildman–Crippen MR) is 65.2 cm³/mol. The molecular formula is C11H12BF3N3O-. The Kier molecular flexibility index (Phi) is 3.78. The lowest BCUT2D eigenvalue weighted by molar-refractivity contribution is 0.305. The second-order valence-electron chi connectivity index (χ2n) is 4.02. The molecule has 2 aromatic heterocycles. The summed E-state index contributed by atoms with van der Waals surface area (Å²) in [6.07, 6.45) is 5.46. The van der Waals surface area contributed by atoms with Gasteiger partial charge in [-0.05, 0) is 13.0 Å². The van der Waals surface area contributed by atoms with Crippen LogP contribution in [-0.4, -0.2) is 21.7 Å². The molecule has 0 fully saturated rings. The van der Waals surface area contributed by atoms with Gasteiger partial charge in [0.15, 0.2) is 0 Å². The molecule has 102 valence electrons. The average Bonchev–Trinajstić information content (AvgIpc) is 2.84. The summed E-state index contributed by atoms with van der Waals surface area (Å²) in [6, 6.07) is 0.956. The van der Waals surface area contributed by atoms with E-state index in [1.165, 1.54) is 6.20 Å². The highest BCUT2D eigenvalue weighted by atomic mass is 19.4. The lowest BCUT2D eigenvalue weighted by Gasteiger charge is -2.15. The van der Waals surface area contributed by atoms with Gasteiger partial charge >= 0.3 is 6.98 Å². The van der Waals surface area contributed by atoms with Gasteiger partial charge in [0.2, 0.25) is 0 Å². The summed E-state index contributed by atoms with van der Waals surface area (Å²) in [5.74, 6) is 0.0981. The van der Waals surface area contributed by atoms with Crippen molar-refractivity contribution < 1.29 is 17.7 Å². The van der Waals surface area contributed by atoms with E-state index in [1.807, 2.05) is 6.92 Å². The molecule has 8 heteroatoms. The van der Waals surface area contributed by atoms with E-state index in [-0.39, 0.29) is 12.4 Å². The molecule has 2 aromatic rings. The molecular weight excluding hydrogens is 258 g/mol. The average molecular weight is 270 g/mol. The van der Waals surface area contributed by atoms with Gasteiger partial charge in [-0.3, -0.25) is 9.67 Å². The van der Waals surface area contributed by atoms with E-state index >= 15 is 0 Å². The monoisotopic (exact) mass is 270 g/mol. The van der Waals surface area contributed by atoms with E-state index in [1.54, 1.807) is 17.1 Å². The van der Waals surface area contributed by atoms with E-state index in [0.29, 0.717) is 0 Å². The molecule has 0 N–H and O–H groups in total. The van der Waals surface area contributed by atoms with Crippen molar-refractivity contribution in [3.63, 3.8) is 0 Å². The van der Waals surface area contributed by atoms with Gasteiger partial charge in [-0.25, -0.2) is 0 Å². The maximum atomic E-state index is 12.5. The minimum Gasteiger partial charge on any atom is -0.487 e. The summed E-state index contributed by atoms with van der Waals surface area (Å²) in [6.45, 7) is -2.22. The van der Waals surface area contributed by atoms with E-state index in [4.69, 9.17) is 4.74 Å². The number of hydrogen-bond acceptors (Lipinski definition) is 3. The smallest absolute Gasteiger partial charge is 0.487 e. The Labute approximate surface area is 108 Å². The third-order valence-electron chi connectivity index (χ3n) is 2.53. The molecule has 0 amide bonds. The summed E-state index contributed by atoms with van der Waals surface area (Å²) < 4.78 is 44.6. The van der Waals surface area contributed by atoms with Crippen LogP contribution in [0.5, 0.6) is 5.75 Å². The molecule has 0 atom stereocenters. The van der Waals surface area contributed by atoms with E-state index in [9.17, 15) is 12.9 Å². The molecule has 2 heterocycles. The first-order valence-electron chi connectivity index (χ1n) is 5.78. The predicted octanol–water partition coefficient (Wildman–Crippen LogP) is 1.93. The molecule has 0 saturated heterocycles. The maximum absolute atomic E-state index is 12.5. The molecule has 0 unspecified atom stereocenters. The Hall–Kier alpha value is -1.99. The molecule has 0 bridgehead atoms. The summed E-state index contributed by atoms with van der Waals surface area (Å²) in [5.41, 5.74) is 0.0338. The van der Waals surface area contributed by atoms with Crippen LogP contribution in [0, 0.1) is 0 Å². The van der Waals surface area contributed by atoms with Crippen molar-refractivity contribution in [3.8, 4) is 5.75 Å². The summed E-state index contributed by atoms with van der Waals surface area (Å²) in [4.78, 5) is 3.53. The van der Waals surface area contributed by atoms with E-state index in [2.05, 4.69) is 10.1 Å². The molecule has 0 aliphatic rings. The number of nitrogens with zero attached hydrogens (tertiary/aromatic N) is 3. The van der Waals surface area contributed by atoms with Crippen LogP contribution in [0.15, 0.2) is 30.9 Å². The maximum Gasteiger partial charge on any atom is 0.511 e. The largest absolute Gasteiger partial charge is 0.511 e. The van der Waals surface area contributed by atoms with Crippen LogP contribution in [0.3, 0.4) is 0 Å². The number of aromatic nitrogens is 3. The Morgan fingerprint density at radius 2 is 2.05 bits per heavy atom. The van der Waals surface area contributed by atoms with Crippen LogP contribution in [-0.2, 0) is 13.2 Å². The third kappa shape index (κ3) is 3.49. The van der Waals surface area contributed by atoms with Crippen LogP contribution >= 0.6 is 0 Å². The number of hydrogen-bond donors (Lipinski definition) is 0. The van der Waals surface area contributed by atoms with E-state index in [0.717, 1.165) is 24.4 Å². The molecule has 0 aromatic carbocycles. The van der Waals surface area contributed by atoms with Crippen molar-refractivity contribution in [3.05, 3.63) is 36.4 Å². The fourth-order valence-electron chi connectivity index (χ4n) is 1.51. The van der Waals surface area contributed by atoms with E-state index < -0.39 is 12.4 Å². The highest BCUT2D eigenvalue weighted by Crippen LogP contribution is 2.14. The SMILES string of the molecule is CCn1cc(COc2cncc([B-](F)(F)F)c2)cn1. The van der Waals surface area contributed by atoms with Gasteiger partial charge in [0, 0.05) is 24.5 Å². The van der Waals surface area contributed by atoms with Gasteiger partial charge < -0.3 is 17.7 Å². The molecule has 0 aliphatic heterocycles. The first-order chi connectivity index (χ1) is 8.99. The first-order valence-corrected chi connectivity index (χ1v) is 5.78. The summed E-state index contributed by atoms with van der Waals surface area (Å²) in [7, 11) is 0. The zero-order valence-corrected chi connectivity index (χ0v) is 10.3. The molecule has 0 radical (unpaired) electrons. The lowest BCUT2D eigenvalue weighted by atomic mass is 9.81. The Balaban J connectivity index is 2.03. The second kappa shape index (κ2) is 5.33. The fourth-order valence-corrected chi connectivity index (χ4v) is 1.51. The van der Waals surface area contributed by atoms with Crippen LogP contribution in [0.1, 0.15) is 12.5 Å². The van der Waals surface area contributed by atoms with Gasteiger partial charge in [-0.1, -0.05) is 5.46 Å². The van der Waals surface area contributed by atoms with Crippen molar-refractivity contribution in [2.45, 2.75) is 20.1 Å². The number of halogens is 3. The van der Waals surface area contributed by atoms with Crippen molar-refractivity contribution in [1.29, 1.82) is 0 Å². The Morgan fingerprint density at radius 1 is 1.26 bits per heavy atom. The zero-order chi connectivity index (χ0) is 13.9. The van der Waals surface area contributed by atoms with Crippen LogP contribution < -0.4 is 10.2 Å². The van der Waals surface area contributed by atoms with Crippen LogP contribution in [0.2, 0.25) is 0 Å². The Bertz CT molecular complexity index is 556. The number of pyridine rings is 1. The Morgan fingerprint density at radius 3 is 2.68 bits per heavy atom. The summed E-state index contributed by atoms with van der Waals surface area (Å²) >= 11 is 0. The molecule has 19 heavy (non-hydrogen) atoms. The molecule has 0 spiro atoms. The minimum absolute atomic E-state index is 0.0981. The van der Waals surface area contributed by atoms with Crippen molar-refractivity contribution in [2.75, 3.05) is 0 Å². The topological polar surface area (TPSA) is 39.9 Å². The normalized spacial score (nSPS) is 11.6. The second-order valence-corrected chi connectivity index (χ2v) is 4.02. The van der Waals surface area contributed by atoms with Gasteiger partial charge in [0.1, 0.15) is 12.4 Å². The lowest BCUT2D eigenvalue weighted by Crippen LogP contribution is -2.34. The number of rotatable bonds is 5. The van der Waals surface area contributed by atoms with Gasteiger partial charge in [0.25, 0.3) is 0 Å². The third-order valence-corrected chi connectivity index (χ3v) is 2.53. The molecule has 2 rings (SSSR count). The highest BCUT2D eigenvalue weighted by Gasteiger charge is 2.26. The van der Waals surface area contributed by atoms with Gasteiger partial charge in [-0.2, -0.15) is 5.10 Å². The number of aryl methyl sites for hydroxylation is 1. The fraction of sp³-hybridized carbons (Fsp3) is 0.273. The first kappa shape index (κ1) is 13.4. The zero-order valence-electron chi connectivity index (χ0n) is 10.3. The van der Waals surface area contributed by atoms with Crippen molar-refractivity contribution in [2.24, 2.45) is 0 Å². The number of ether oxygens (including phenoxy) is 1. The van der Waals surface area contributed by atoms with Gasteiger partial charge in [-0.15, -0.1) is 0 Å². The highest BCUT2D eigenvalue weighted by molar-refractivity contribution is 6.73. The van der Waals surface area contributed by atoms with Crippen LogP contribution in [0.4, 0.5) is 12.9 Å². The van der Waals surface area contributed by atoms with Crippen molar-refractivity contribution >= 4 is 12.4 Å². The summed E-state index contributed by atoms with van der Waals surface area (Å²) in [5, 5.41) is 4.05. The van der Waals surface area contributed by atoms with Crippen molar-refractivity contribution in [1.82, 2.24) is 14.8 Å².